The van der Waals surface area contributed by atoms with Crippen LogP contribution >= 0.6 is 11.6 Å². The first-order valence-corrected chi connectivity index (χ1v) is 8.19. The molecule has 0 spiro atoms. The predicted molar refractivity (Wildman–Crippen MR) is 92.4 cm³/mol. The van der Waals surface area contributed by atoms with E-state index in [0.29, 0.717) is 23.4 Å². The Morgan fingerprint density at radius 1 is 1.17 bits per heavy atom. The summed E-state index contributed by atoms with van der Waals surface area (Å²) < 4.78 is 11.5. The average Bonchev–Trinajstić information content (AvgIpc) is 3.24. The minimum atomic E-state index is -0.165. The summed E-state index contributed by atoms with van der Waals surface area (Å²) in [5.74, 6) is 1.88. The number of anilines is 1. The number of nitrogens with one attached hydrogen (secondary N) is 1. The van der Waals surface area contributed by atoms with Crippen molar-refractivity contribution in [2.45, 2.75) is 19.4 Å². The van der Waals surface area contributed by atoms with E-state index in [2.05, 4.69) is 15.5 Å². The van der Waals surface area contributed by atoms with Crippen molar-refractivity contribution in [3.63, 3.8) is 0 Å². The Balaban J connectivity index is 1.58. The van der Waals surface area contributed by atoms with Crippen molar-refractivity contribution in [3.8, 4) is 17.2 Å². The summed E-state index contributed by atoms with van der Waals surface area (Å²) in [6, 6.07) is 13.3. The number of fused-ring (bicyclic) bond motifs is 1. The Hall–Kier alpha value is -2.53. The van der Waals surface area contributed by atoms with E-state index in [1.807, 2.05) is 49.4 Å². The molecule has 0 fully saturated rings. The molecule has 0 bridgehead atoms. The zero-order valence-corrected chi connectivity index (χ0v) is 13.9. The van der Waals surface area contributed by atoms with Gasteiger partial charge in [0, 0.05) is 22.6 Å². The van der Waals surface area contributed by atoms with Gasteiger partial charge in [-0.05, 0) is 31.2 Å². The molecule has 3 aromatic rings. The van der Waals surface area contributed by atoms with E-state index in [1.54, 1.807) is 0 Å². The van der Waals surface area contributed by atoms with E-state index in [4.69, 9.17) is 20.8 Å². The van der Waals surface area contributed by atoms with Crippen LogP contribution in [0.2, 0.25) is 5.02 Å². The van der Waals surface area contributed by atoms with Gasteiger partial charge in [-0.25, -0.2) is 0 Å². The van der Waals surface area contributed by atoms with Crippen LogP contribution in [0.15, 0.2) is 46.9 Å². The molecule has 0 aliphatic carbocycles. The van der Waals surface area contributed by atoms with E-state index < -0.39 is 0 Å². The Kier molecular flexibility index (Phi) is 3.86. The van der Waals surface area contributed by atoms with Crippen molar-refractivity contribution in [1.82, 2.24) is 10.2 Å². The third-order valence-corrected chi connectivity index (χ3v) is 4.17. The maximum Gasteiger partial charge on any atom is 0.247 e. The Labute approximate surface area is 144 Å². The second-order valence-corrected chi connectivity index (χ2v) is 6.15. The van der Waals surface area contributed by atoms with Gasteiger partial charge in [-0.2, -0.15) is 0 Å². The van der Waals surface area contributed by atoms with E-state index in [1.165, 1.54) is 0 Å². The van der Waals surface area contributed by atoms with Crippen LogP contribution in [0.3, 0.4) is 0 Å². The number of benzene rings is 2. The number of hydrogen-bond acceptors (Lipinski definition) is 5. The fourth-order valence-electron chi connectivity index (χ4n) is 2.78. The van der Waals surface area contributed by atoms with Crippen LogP contribution in [-0.2, 0) is 6.42 Å². The molecule has 0 saturated heterocycles. The highest BCUT2D eigenvalue weighted by atomic mass is 35.5. The number of hydrogen-bond donors (Lipinski definition) is 1. The lowest BCUT2D eigenvalue weighted by Gasteiger charge is -2.15. The van der Waals surface area contributed by atoms with Crippen LogP contribution in [-0.4, -0.2) is 16.8 Å². The highest BCUT2D eigenvalue weighted by Gasteiger charge is 2.21. The van der Waals surface area contributed by atoms with E-state index in [-0.39, 0.29) is 6.04 Å². The molecule has 2 aromatic carbocycles. The molecule has 122 valence electrons. The lowest BCUT2D eigenvalue weighted by Crippen LogP contribution is -2.08. The first-order valence-electron chi connectivity index (χ1n) is 7.81. The molecule has 1 aliphatic rings. The maximum atomic E-state index is 6.20. The number of nitrogens with zero attached hydrogens (tertiary/aromatic N) is 2. The largest absolute Gasteiger partial charge is 0.491 e. The van der Waals surface area contributed by atoms with Crippen molar-refractivity contribution in [1.29, 1.82) is 0 Å². The fourth-order valence-corrected chi connectivity index (χ4v) is 3.02. The highest BCUT2D eigenvalue weighted by molar-refractivity contribution is 6.31. The first-order chi connectivity index (χ1) is 11.7. The minimum absolute atomic E-state index is 0.165. The van der Waals surface area contributed by atoms with E-state index in [9.17, 15) is 0 Å². The van der Waals surface area contributed by atoms with Crippen molar-refractivity contribution in [2.75, 3.05) is 11.9 Å². The zero-order chi connectivity index (χ0) is 16.5. The number of rotatable bonds is 4. The molecule has 1 N–H and O–H groups in total. The third kappa shape index (κ3) is 2.83. The lowest BCUT2D eigenvalue weighted by molar-refractivity contribution is 0.357. The molecule has 1 unspecified atom stereocenters. The quantitative estimate of drug-likeness (QED) is 0.757. The zero-order valence-electron chi connectivity index (χ0n) is 13.1. The average molecular weight is 342 g/mol. The third-order valence-electron chi connectivity index (χ3n) is 3.95. The monoisotopic (exact) mass is 341 g/mol. The summed E-state index contributed by atoms with van der Waals surface area (Å²) in [6.45, 7) is 2.64. The van der Waals surface area contributed by atoms with Crippen molar-refractivity contribution >= 4 is 17.3 Å². The Bertz CT molecular complexity index is 864. The van der Waals surface area contributed by atoms with Crippen LogP contribution in [0.5, 0.6) is 5.75 Å². The smallest absolute Gasteiger partial charge is 0.247 e. The van der Waals surface area contributed by atoms with Crippen LogP contribution in [0.1, 0.15) is 24.4 Å². The van der Waals surface area contributed by atoms with Gasteiger partial charge in [0.2, 0.25) is 11.8 Å². The molecule has 0 saturated carbocycles. The molecule has 1 aromatic heterocycles. The molecule has 1 aliphatic heterocycles. The summed E-state index contributed by atoms with van der Waals surface area (Å²) in [5.41, 5.74) is 2.87. The van der Waals surface area contributed by atoms with Crippen molar-refractivity contribution < 1.29 is 9.15 Å². The molecular weight excluding hydrogens is 326 g/mol. The molecule has 2 heterocycles. The van der Waals surface area contributed by atoms with Crippen LogP contribution in [0, 0.1) is 0 Å². The normalized spacial score (nSPS) is 14.1. The first kappa shape index (κ1) is 15.0. The van der Waals surface area contributed by atoms with Gasteiger partial charge in [0.15, 0.2) is 0 Å². The minimum Gasteiger partial charge on any atom is -0.491 e. The molecule has 4 rings (SSSR count). The van der Waals surface area contributed by atoms with Crippen molar-refractivity contribution in [2.24, 2.45) is 0 Å². The summed E-state index contributed by atoms with van der Waals surface area (Å²) >= 11 is 6.20. The van der Waals surface area contributed by atoms with Gasteiger partial charge in [-0.1, -0.05) is 29.8 Å². The lowest BCUT2D eigenvalue weighted by atomic mass is 10.1. The van der Waals surface area contributed by atoms with Gasteiger partial charge < -0.3 is 14.5 Å². The topological polar surface area (TPSA) is 60.2 Å². The van der Waals surface area contributed by atoms with E-state index >= 15 is 0 Å². The van der Waals surface area contributed by atoms with Gasteiger partial charge in [0.25, 0.3) is 0 Å². The Morgan fingerprint density at radius 3 is 2.83 bits per heavy atom. The molecule has 6 heteroatoms. The second-order valence-electron chi connectivity index (χ2n) is 5.72. The van der Waals surface area contributed by atoms with Gasteiger partial charge in [-0.3, -0.25) is 0 Å². The van der Waals surface area contributed by atoms with Crippen LogP contribution in [0.25, 0.3) is 11.5 Å². The van der Waals surface area contributed by atoms with Gasteiger partial charge >= 0.3 is 0 Å². The number of aromatic nitrogens is 2. The molecule has 0 radical (unpaired) electrons. The molecule has 24 heavy (non-hydrogen) atoms. The second kappa shape index (κ2) is 6.17. The Morgan fingerprint density at radius 2 is 2.00 bits per heavy atom. The van der Waals surface area contributed by atoms with Gasteiger partial charge in [0.05, 0.1) is 12.3 Å². The highest BCUT2D eigenvalue weighted by Crippen LogP contribution is 2.38. The van der Waals surface area contributed by atoms with Gasteiger partial charge in [-0.15, -0.1) is 10.2 Å². The summed E-state index contributed by atoms with van der Waals surface area (Å²) in [4.78, 5) is 0. The van der Waals surface area contributed by atoms with E-state index in [0.717, 1.165) is 29.0 Å². The summed E-state index contributed by atoms with van der Waals surface area (Å²) in [7, 11) is 0. The maximum absolute atomic E-state index is 6.20. The standard InChI is InChI=1S/C18H16ClN3O2/c1-11(17-21-22-18(24-17)12-5-3-2-4-6-12)20-15-10-14(19)9-13-7-8-23-16(13)15/h2-6,9-11,20H,7-8H2,1H3. The fraction of sp³-hybridized carbons (Fsp3) is 0.222. The van der Waals surface area contributed by atoms with Crippen LogP contribution < -0.4 is 10.1 Å². The molecule has 5 nitrogen and oxygen atoms in total. The number of halogens is 1. The molecular formula is C18H16ClN3O2. The number of ether oxygens (including phenoxy) is 1. The molecule has 0 amide bonds. The van der Waals surface area contributed by atoms with Crippen molar-refractivity contribution in [3.05, 3.63) is 58.9 Å². The predicted octanol–water partition coefficient (Wildman–Crippen LogP) is 4.50. The van der Waals surface area contributed by atoms with Crippen LogP contribution in [0.4, 0.5) is 5.69 Å². The summed E-state index contributed by atoms with van der Waals surface area (Å²) in [6.07, 6.45) is 0.873. The van der Waals surface area contributed by atoms with Gasteiger partial charge in [0.1, 0.15) is 11.8 Å². The summed E-state index contributed by atoms with van der Waals surface area (Å²) in [5, 5.41) is 12.3. The molecule has 1 atom stereocenters. The SMILES string of the molecule is CC(Nc1cc(Cl)cc2c1OCC2)c1nnc(-c2ccccc2)o1.